The molecule has 0 fully saturated rings. The predicted molar refractivity (Wildman–Crippen MR) is 61.4 cm³/mol. The van der Waals surface area contributed by atoms with E-state index in [-0.39, 0.29) is 18.0 Å². The van der Waals surface area contributed by atoms with Crippen LogP contribution >= 0.6 is 0 Å². The Bertz CT molecular complexity index is 341. The molecule has 0 saturated heterocycles. The minimum absolute atomic E-state index is 0.0414. The van der Waals surface area contributed by atoms with Gasteiger partial charge in [-0.25, -0.2) is 9.59 Å². The highest BCUT2D eigenvalue weighted by atomic mass is 16.5. The van der Waals surface area contributed by atoms with Crippen LogP contribution in [0.15, 0.2) is 24.3 Å². The van der Waals surface area contributed by atoms with E-state index in [9.17, 15) is 14.4 Å². The minimum atomic E-state index is -1.18. The molecule has 0 heterocycles. The van der Waals surface area contributed by atoms with Crippen molar-refractivity contribution in [2.24, 2.45) is 0 Å². The number of aliphatic carboxylic acids is 1. The van der Waals surface area contributed by atoms with Gasteiger partial charge in [-0.15, -0.1) is 0 Å². The van der Waals surface area contributed by atoms with Crippen LogP contribution in [0.1, 0.15) is 26.2 Å². The van der Waals surface area contributed by atoms with Crippen LogP contribution in [0, 0.1) is 0 Å². The third-order valence-corrected chi connectivity index (χ3v) is 1.94. The van der Waals surface area contributed by atoms with Gasteiger partial charge < -0.3 is 9.84 Å². The van der Waals surface area contributed by atoms with Gasteiger partial charge in [-0.2, -0.15) is 0 Å². The molecule has 17 heavy (non-hydrogen) atoms. The van der Waals surface area contributed by atoms with E-state index in [1.54, 1.807) is 0 Å². The van der Waals surface area contributed by atoms with Crippen LogP contribution in [-0.2, 0) is 19.1 Å². The van der Waals surface area contributed by atoms with Crippen LogP contribution in [0.3, 0.4) is 0 Å². The lowest BCUT2D eigenvalue weighted by molar-refractivity contribution is -0.140. The first kappa shape index (κ1) is 15.1. The van der Waals surface area contributed by atoms with E-state index in [0.29, 0.717) is 19.3 Å². The van der Waals surface area contributed by atoms with E-state index in [1.807, 2.05) is 0 Å². The molecule has 0 bridgehead atoms. The van der Waals surface area contributed by atoms with Crippen molar-refractivity contribution in [1.82, 2.24) is 0 Å². The molecule has 0 aliphatic carbocycles. The number of ketones is 1. The van der Waals surface area contributed by atoms with E-state index >= 15 is 0 Å². The average molecular weight is 240 g/mol. The summed E-state index contributed by atoms with van der Waals surface area (Å²) in [6.07, 6.45) is 3.60. The van der Waals surface area contributed by atoms with E-state index in [1.165, 1.54) is 13.0 Å². The SMILES string of the molecule is C=CC(=O)CCCCOC(=O)/C(C)=C\C(=O)O. The normalized spacial score (nSPS) is 10.8. The molecule has 0 amide bonds. The maximum atomic E-state index is 11.2. The molecular weight excluding hydrogens is 224 g/mol. The molecule has 0 radical (unpaired) electrons. The van der Waals surface area contributed by atoms with Gasteiger partial charge in [0, 0.05) is 18.1 Å². The Hall–Kier alpha value is -1.91. The summed E-state index contributed by atoms with van der Waals surface area (Å²) in [7, 11) is 0. The number of carbonyl (C=O) groups is 3. The molecule has 0 aromatic heterocycles. The number of carbonyl (C=O) groups excluding carboxylic acids is 2. The quantitative estimate of drug-likeness (QED) is 0.395. The van der Waals surface area contributed by atoms with Crippen molar-refractivity contribution in [3.63, 3.8) is 0 Å². The molecule has 0 saturated carbocycles. The van der Waals surface area contributed by atoms with Crippen molar-refractivity contribution in [2.75, 3.05) is 6.61 Å². The fourth-order valence-electron chi connectivity index (χ4n) is 1.03. The van der Waals surface area contributed by atoms with Crippen molar-refractivity contribution < 1.29 is 24.2 Å². The average Bonchev–Trinajstić information content (AvgIpc) is 2.26. The first-order valence-electron chi connectivity index (χ1n) is 5.21. The van der Waals surface area contributed by atoms with Gasteiger partial charge in [0.25, 0.3) is 0 Å². The minimum Gasteiger partial charge on any atom is -0.478 e. The summed E-state index contributed by atoms with van der Waals surface area (Å²) >= 11 is 0. The molecule has 5 heteroatoms. The lowest BCUT2D eigenvalue weighted by Gasteiger charge is -2.03. The number of allylic oxidation sites excluding steroid dienone is 1. The van der Waals surface area contributed by atoms with E-state index in [2.05, 4.69) is 6.58 Å². The largest absolute Gasteiger partial charge is 0.478 e. The van der Waals surface area contributed by atoms with Crippen molar-refractivity contribution in [1.29, 1.82) is 0 Å². The third-order valence-electron chi connectivity index (χ3n) is 1.94. The number of ether oxygens (including phenoxy) is 1. The summed E-state index contributed by atoms with van der Waals surface area (Å²) in [6, 6.07) is 0. The summed E-state index contributed by atoms with van der Waals surface area (Å²) in [4.78, 5) is 32.3. The standard InChI is InChI=1S/C12H16O5/c1-3-10(13)6-4-5-7-17-12(16)9(2)8-11(14)15/h3,8H,1,4-7H2,2H3,(H,14,15)/b9-8-. The number of rotatable bonds is 8. The Morgan fingerprint density at radius 2 is 1.94 bits per heavy atom. The van der Waals surface area contributed by atoms with Gasteiger partial charge in [0.15, 0.2) is 5.78 Å². The molecule has 0 rings (SSSR count). The fourth-order valence-corrected chi connectivity index (χ4v) is 1.03. The highest BCUT2D eigenvalue weighted by Crippen LogP contribution is 2.01. The number of carboxylic acid groups (broad SMARTS) is 1. The van der Waals surface area contributed by atoms with Gasteiger partial charge in [0.1, 0.15) is 0 Å². The predicted octanol–water partition coefficient (Wildman–Crippen LogP) is 1.49. The first-order valence-corrected chi connectivity index (χ1v) is 5.21. The van der Waals surface area contributed by atoms with E-state index in [4.69, 9.17) is 9.84 Å². The van der Waals surface area contributed by atoms with Gasteiger partial charge in [0.2, 0.25) is 0 Å². The first-order chi connectivity index (χ1) is 7.97. The molecule has 94 valence electrons. The van der Waals surface area contributed by atoms with Crippen LogP contribution in [0.2, 0.25) is 0 Å². The van der Waals surface area contributed by atoms with Crippen molar-refractivity contribution in [2.45, 2.75) is 26.2 Å². The molecule has 0 aliphatic rings. The smallest absolute Gasteiger partial charge is 0.333 e. The maximum absolute atomic E-state index is 11.2. The zero-order valence-corrected chi connectivity index (χ0v) is 9.77. The second kappa shape index (κ2) is 8.27. The maximum Gasteiger partial charge on any atom is 0.333 e. The van der Waals surface area contributed by atoms with Gasteiger partial charge in [-0.05, 0) is 25.8 Å². The van der Waals surface area contributed by atoms with Crippen LogP contribution in [0.5, 0.6) is 0 Å². The van der Waals surface area contributed by atoms with Gasteiger partial charge >= 0.3 is 11.9 Å². The monoisotopic (exact) mass is 240 g/mol. The van der Waals surface area contributed by atoms with Crippen molar-refractivity contribution >= 4 is 17.7 Å². The number of hydrogen-bond acceptors (Lipinski definition) is 4. The van der Waals surface area contributed by atoms with Crippen molar-refractivity contribution in [3.8, 4) is 0 Å². The summed E-state index contributed by atoms with van der Waals surface area (Å²) in [5, 5.41) is 8.40. The molecule has 0 aromatic rings. The zero-order valence-electron chi connectivity index (χ0n) is 9.77. The molecule has 0 aliphatic heterocycles. The highest BCUT2D eigenvalue weighted by molar-refractivity contribution is 5.95. The summed E-state index contributed by atoms with van der Waals surface area (Å²) < 4.78 is 4.81. The van der Waals surface area contributed by atoms with Gasteiger partial charge in [-0.1, -0.05) is 6.58 Å². The number of hydrogen-bond donors (Lipinski definition) is 1. The summed E-state index contributed by atoms with van der Waals surface area (Å²) in [5.41, 5.74) is 0.0414. The summed E-state index contributed by atoms with van der Waals surface area (Å²) in [5.74, 6) is -1.88. The number of carboxylic acids is 1. The second-order valence-corrected chi connectivity index (χ2v) is 3.43. The van der Waals surface area contributed by atoms with Gasteiger partial charge in [-0.3, -0.25) is 4.79 Å². The Labute approximate surface area is 99.8 Å². The van der Waals surface area contributed by atoms with Crippen LogP contribution in [0.25, 0.3) is 0 Å². The number of esters is 1. The molecule has 0 unspecified atom stereocenters. The van der Waals surface area contributed by atoms with E-state index in [0.717, 1.165) is 6.08 Å². The van der Waals surface area contributed by atoms with Crippen molar-refractivity contribution in [3.05, 3.63) is 24.3 Å². The lowest BCUT2D eigenvalue weighted by Crippen LogP contribution is -2.08. The lowest BCUT2D eigenvalue weighted by atomic mass is 10.2. The highest BCUT2D eigenvalue weighted by Gasteiger charge is 2.07. The number of unbranched alkanes of at least 4 members (excludes halogenated alkanes) is 1. The zero-order chi connectivity index (χ0) is 13.3. The fraction of sp³-hybridized carbons (Fsp3) is 0.417. The molecule has 0 atom stereocenters. The second-order valence-electron chi connectivity index (χ2n) is 3.43. The Morgan fingerprint density at radius 3 is 2.47 bits per heavy atom. The Morgan fingerprint density at radius 1 is 1.29 bits per heavy atom. The summed E-state index contributed by atoms with van der Waals surface area (Å²) in [6.45, 7) is 4.89. The van der Waals surface area contributed by atoms with Gasteiger partial charge in [0.05, 0.1) is 6.61 Å². The van der Waals surface area contributed by atoms with Crippen LogP contribution in [-0.4, -0.2) is 29.4 Å². The molecule has 0 aromatic carbocycles. The molecule has 1 N–H and O–H groups in total. The van der Waals surface area contributed by atoms with E-state index < -0.39 is 11.9 Å². The van der Waals surface area contributed by atoms with Crippen LogP contribution < -0.4 is 0 Å². The molecule has 5 nitrogen and oxygen atoms in total. The Kier molecular flexibility index (Phi) is 7.34. The van der Waals surface area contributed by atoms with Crippen LogP contribution in [0.4, 0.5) is 0 Å². The Balaban J connectivity index is 3.75. The molecular formula is C12H16O5. The third kappa shape index (κ3) is 7.96. The molecule has 0 spiro atoms. The topological polar surface area (TPSA) is 80.7 Å².